The first-order valence-corrected chi connectivity index (χ1v) is 8.15. The third-order valence-corrected chi connectivity index (χ3v) is 4.52. The Labute approximate surface area is 152 Å². The molecule has 0 saturated heterocycles. The van der Waals surface area contributed by atoms with Crippen LogP contribution < -0.4 is 0 Å². The van der Waals surface area contributed by atoms with Crippen molar-refractivity contribution in [1.82, 2.24) is 4.90 Å². The Kier molecular flexibility index (Phi) is 4.03. The molecule has 0 saturated carbocycles. The molecule has 0 bridgehead atoms. The van der Waals surface area contributed by atoms with Crippen molar-refractivity contribution in [2.24, 2.45) is 0 Å². The van der Waals surface area contributed by atoms with Gasteiger partial charge in [-0.25, -0.2) is 13.2 Å². The van der Waals surface area contributed by atoms with E-state index in [2.05, 4.69) is 0 Å². The molecule has 1 heterocycles. The molecule has 0 fully saturated rings. The van der Waals surface area contributed by atoms with Crippen LogP contribution in [-0.4, -0.2) is 16.7 Å². The molecule has 3 nitrogen and oxygen atoms in total. The normalized spacial score (nSPS) is 13.2. The van der Waals surface area contributed by atoms with E-state index >= 15 is 0 Å². The lowest BCUT2D eigenvalue weighted by Crippen LogP contribution is -2.29. The van der Waals surface area contributed by atoms with Crippen molar-refractivity contribution in [2.75, 3.05) is 0 Å². The summed E-state index contributed by atoms with van der Waals surface area (Å²) in [5.74, 6) is -4.78. The van der Waals surface area contributed by atoms with Gasteiger partial charge < -0.3 is 0 Å². The van der Waals surface area contributed by atoms with Crippen molar-refractivity contribution in [2.45, 2.75) is 6.54 Å². The highest BCUT2D eigenvalue weighted by Crippen LogP contribution is 2.28. The molecule has 0 aliphatic carbocycles. The van der Waals surface area contributed by atoms with Crippen LogP contribution in [-0.2, 0) is 6.54 Å². The number of halogens is 3. The summed E-state index contributed by atoms with van der Waals surface area (Å²) >= 11 is 0. The van der Waals surface area contributed by atoms with Crippen LogP contribution in [0.1, 0.15) is 26.3 Å². The van der Waals surface area contributed by atoms with Crippen molar-refractivity contribution >= 4 is 11.8 Å². The van der Waals surface area contributed by atoms with Crippen LogP contribution in [0.15, 0.2) is 60.7 Å². The predicted octanol–water partition coefficient (Wildman–Crippen LogP) is 4.57. The highest BCUT2D eigenvalue weighted by Gasteiger charge is 2.34. The minimum Gasteiger partial charge on any atom is -0.270 e. The van der Waals surface area contributed by atoms with Gasteiger partial charge in [0, 0.05) is 5.56 Å². The van der Waals surface area contributed by atoms with Crippen molar-refractivity contribution in [3.8, 4) is 11.1 Å². The van der Waals surface area contributed by atoms with Gasteiger partial charge in [0.2, 0.25) is 0 Å². The minimum atomic E-state index is -1.53. The fourth-order valence-electron chi connectivity index (χ4n) is 3.10. The van der Waals surface area contributed by atoms with Gasteiger partial charge in [0.15, 0.2) is 17.5 Å². The van der Waals surface area contributed by atoms with Crippen LogP contribution in [0.4, 0.5) is 13.2 Å². The predicted molar refractivity (Wildman–Crippen MR) is 92.4 cm³/mol. The number of hydrogen-bond donors (Lipinski definition) is 0. The Bertz CT molecular complexity index is 1040. The van der Waals surface area contributed by atoms with Crippen LogP contribution >= 0.6 is 0 Å². The van der Waals surface area contributed by atoms with E-state index in [9.17, 15) is 22.8 Å². The smallest absolute Gasteiger partial charge is 0.261 e. The fourth-order valence-corrected chi connectivity index (χ4v) is 3.10. The zero-order valence-corrected chi connectivity index (χ0v) is 13.9. The van der Waals surface area contributed by atoms with Crippen LogP contribution in [0.5, 0.6) is 0 Å². The van der Waals surface area contributed by atoms with Crippen molar-refractivity contribution < 1.29 is 22.8 Å². The Hall–Kier alpha value is -3.41. The van der Waals surface area contributed by atoms with E-state index in [1.165, 1.54) is 12.1 Å². The number of hydrogen-bond acceptors (Lipinski definition) is 2. The maximum Gasteiger partial charge on any atom is 0.261 e. The molecule has 3 aromatic rings. The SMILES string of the molecule is O=C1c2ccccc2C(=O)N1Cc1ccc(-c2ccc(F)c(F)c2F)cc1. The summed E-state index contributed by atoms with van der Waals surface area (Å²) in [6, 6.07) is 14.9. The third-order valence-electron chi connectivity index (χ3n) is 4.52. The lowest BCUT2D eigenvalue weighted by molar-refractivity contribution is 0.0642. The molecule has 0 N–H and O–H groups in total. The number of carbonyl (C=O) groups excluding carboxylic acids is 2. The molecule has 27 heavy (non-hydrogen) atoms. The van der Waals surface area contributed by atoms with Crippen LogP contribution in [0.25, 0.3) is 11.1 Å². The summed E-state index contributed by atoms with van der Waals surface area (Å²) in [4.78, 5) is 25.9. The van der Waals surface area contributed by atoms with E-state index in [0.29, 0.717) is 22.3 Å². The van der Waals surface area contributed by atoms with Gasteiger partial charge in [-0.2, -0.15) is 0 Å². The largest absolute Gasteiger partial charge is 0.270 e. The van der Waals surface area contributed by atoms with Crippen molar-refractivity contribution in [3.05, 3.63) is 94.8 Å². The molecule has 0 atom stereocenters. The van der Waals surface area contributed by atoms with Gasteiger partial charge in [0.05, 0.1) is 17.7 Å². The van der Waals surface area contributed by atoms with E-state index in [-0.39, 0.29) is 23.9 Å². The van der Waals surface area contributed by atoms with Gasteiger partial charge in [0.25, 0.3) is 11.8 Å². The average Bonchev–Trinajstić information content (AvgIpc) is 2.92. The van der Waals surface area contributed by atoms with Gasteiger partial charge >= 0.3 is 0 Å². The number of nitrogens with zero attached hydrogens (tertiary/aromatic N) is 1. The molecule has 3 aromatic carbocycles. The Morgan fingerprint density at radius 1 is 0.667 bits per heavy atom. The summed E-state index contributed by atoms with van der Waals surface area (Å²) in [6.07, 6.45) is 0. The molecule has 1 aliphatic heterocycles. The molecule has 4 rings (SSSR count). The van der Waals surface area contributed by atoms with Crippen LogP contribution in [0.2, 0.25) is 0 Å². The monoisotopic (exact) mass is 367 g/mol. The number of amides is 2. The quantitative estimate of drug-likeness (QED) is 0.502. The molecule has 0 radical (unpaired) electrons. The topological polar surface area (TPSA) is 37.4 Å². The summed E-state index contributed by atoms with van der Waals surface area (Å²) in [5, 5.41) is 0. The van der Waals surface area contributed by atoms with Crippen LogP contribution in [0.3, 0.4) is 0 Å². The summed E-state index contributed by atoms with van der Waals surface area (Å²) < 4.78 is 40.4. The average molecular weight is 367 g/mol. The lowest BCUT2D eigenvalue weighted by atomic mass is 10.0. The second kappa shape index (κ2) is 6.39. The maximum atomic E-state index is 13.9. The van der Waals surface area contributed by atoms with E-state index in [1.807, 2.05) is 0 Å². The molecule has 1 aliphatic rings. The highest BCUT2D eigenvalue weighted by molar-refractivity contribution is 6.21. The van der Waals surface area contributed by atoms with Gasteiger partial charge in [-0.3, -0.25) is 14.5 Å². The van der Waals surface area contributed by atoms with Gasteiger partial charge in [0.1, 0.15) is 0 Å². The first-order chi connectivity index (χ1) is 13.0. The van der Waals surface area contributed by atoms with E-state index < -0.39 is 17.5 Å². The van der Waals surface area contributed by atoms with Crippen molar-refractivity contribution in [1.29, 1.82) is 0 Å². The molecule has 0 spiro atoms. The minimum absolute atomic E-state index is 0.0624. The zero-order chi connectivity index (χ0) is 19.1. The zero-order valence-electron chi connectivity index (χ0n) is 13.9. The summed E-state index contributed by atoms with van der Waals surface area (Å²) in [6.45, 7) is 0.0624. The standard InChI is InChI=1S/C21H12F3NO2/c22-17-10-9-14(18(23)19(17)24)13-7-5-12(6-8-13)11-25-20(26)15-3-1-2-4-16(15)21(25)27/h1-10H,11H2. The number of fused-ring (bicyclic) bond motifs is 1. The summed E-state index contributed by atoms with van der Waals surface area (Å²) in [7, 11) is 0. The highest BCUT2D eigenvalue weighted by atomic mass is 19.2. The number of benzene rings is 3. The number of rotatable bonds is 3. The van der Waals surface area contributed by atoms with Crippen LogP contribution in [0, 0.1) is 17.5 Å². The molecule has 6 heteroatoms. The van der Waals surface area contributed by atoms with E-state index in [4.69, 9.17) is 0 Å². The van der Waals surface area contributed by atoms with E-state index in [0.717, 1.165) is 17.0 Å². The number of imide groups is 1. The molecular formula is C21H12F3NO2. The Morgan fingerprint density at radius 2 is 1.26 bits per heavy atom. The van der Waals surface area contributed by atoms with Gasteiger partial charge in [-0.05, 0) is 35.4 Å². The fraction of sp³-hybridized carbons (Fsp3) is 0.0476. The molecular weight excluding hydrogens is 355 g/mol. The maximum absolute atomic E-state index is 13.9. The first kappa shape index (κ1) is 17.0. The second-order valence-electron chi connectivity index (χ2n) is 6.16. The van der Waals surface area contributed by atoms with Gasteiger partial charge in [-0.1, -0.05) is 36.4 Å². The van der Waals surface area contributed by atoms with E-state index in [1.54, 1.807) is 36.4 Å². The molecule has 0 aromatic heterocycles. The Morgan fingerprint density at radius 3 is 1.85 bits per heavy atom. The van der Waals surface area contributed by atoms with Crippen molar-refractivity contribution in [3.63, 3.8) is 0 Å². The molecule has 2 amide bonds. The molecule has 134 valence electrons. The number of carbonyl (C=O) groups is 2. The second-order valence-corrected chi connectivity index (χ2v) is 6.16. The first-order valence-electron chi connectivity index (χ1n) is 8.15. The van der Waals surface area contributed by atoms with Gasteiger partial charge in [-0.15, -0.1) is 0 Å². The molecule has 0 unspecified atom stereocenters. The lowest BCUT2D eigenvalue weighted by Gasteiger charge is -2.14. The third kappa shape index (κ3) is 2.79. The summed E-state index contributed by atoms with van der Waals surface area (Å²) in [5.41, 5.74) is 1.67. The Balaban J connectivity index is 1.59.